The second-order valence-electron chi connectivity index (χ2n) is 17.9. The number of amides is 6. The molecule has 0 radical (unpaired) electrons. The molecule has 2 aliphatic carbocycles. The van der Waals surface area contributed by atoms with E-state index in [1.165, 1.54) is 14.0 Å². The van der Waals surface area contributed by atoms with Gasteiger partial charge in [0.1, 0.15) is 24.2 Å². The second kappa shape index (κ2) is 18.6. The Labute approximate surface area is 372 Å². The van der Waals surface area contributed by atoms with Crippen LogP contribution in [0.25, 0.3) is 11.1 Å². The lowest BCUT2D eigenvalue weighted by Crippen LogP contribution is -2.51. The molecule has 14 nitrogen and oxygen atoms in total. The first-order valence-electron chi connectivity index (χ1n) is 22.2. The molecule has 4 atom stereocenters. The molecule has 1 spiro atoms. The van der Waals surface area contributed by atoms with E-state index in [0.29, 0.717) is 29.9 Å². The van der Waals surface area contributed by atoms with Crippen LogP contribution in [0.1, 0.15) is 108 Å². The summed E-state index contributed by atoms with van der Waals surface area (Å²) in [5, 5.41) is 11.0. The van der Waals surface area contributed by atoms with Gasteiger partial charge >= 0.3 is 12.2 Å². The first kappa shape index (κ1) is 45.9. The summed E-state index contributed by atoms with van der Waals surface area (Å²) >= 11 is 0. The zero-order chi connectivity index (χ0) is 46.0. The van der Waals surface area contributed by atoms with Gasteiger partial charge in [0.15, 0.2) is 0 Å². The molecule has 2 aliphatic heterocycles. The summed E-state index contributed by atoms with van der Waals surface area (Å²) < 4.78 is 39.1. The number of alkyl carbamates (subject to hydrolysis) is 2. The molecule has 0 unspecified atom stereocenters. The number of methoxy groups -OCH3 is 2. The molecule has 0 aromatic heterocycles. The van der Waals surface area contributed by atoms with Crippen molar-refractivity contribution in [3.05, 3.63) is 83.4 Å². The smallest absolute Gasteiger partial charge is 0.407 e. The molecule has 1 saturated carbocycles. The molecule has 2 heterocycles. The largest absolute Gasteiger partial charge is 0.453 e. The van der Waals surface area contributed by atoms with Crippen molar-refractivity contribution in [3.63, 3.8) is 0 Å². The van der Waals surface area contributed by atoms with E-state index in [0.717, 1.165) is 85.6 Å². The van der Waals surface area contributed by atoms with E-state index in [1.807, 2.05) is 36.4 Å². The fourth-order valence-electron chi connectivity index (χ4n) is 9.89. The number of nitrogens with zero attached hydrogens (tertiary/aromatic N) is 2. The fourth-order valence-corrected chi connectivity index (χ4v) is 9.89. The lowest BCUT2D eigenvalue weighted by molar-refractivity contribution is -0.138. The summed E-state index contributed by atoms with van der Waals surface area (Å²) in [5.41, 5.74) is 4.79. The Bertz CT molecular complexity index is 2280. The molecule has 4 N–H and O–H groups in total. The van der Waals surface area contributed by atoms with Crippen LogP contribution in [0.5, 0.6) is 0 Å². The number of rotatable bonds is 15. The van der Waals surface area contributed by atoms with E-state index in [2.05, 4.69) is 39.9 Å². The topological polar surface area (TPSA) is 175 Å². The Morgan fingerprint density at radius 2 is 1.22 bits per heavy atom. The van der Waals surface area contributed by atoms with Crippen LogP contribution in [0.4, 0.5) is 29.7 Å². The number of carbonyl (C=O) groups excluding carboxylic acids is 6. The van der Waals surface area contributed by atoms with E-state index >= 15 is 0 Å². The van der Waals surface area contributed by atoms with Crippen LogP contribution in [0, 0.1) is 5.41 Å². The number of hydrogen-bond acceptors (Lipinski definition) is 8. The van der Waals surface area contributed by atoms with Gasteiger partial charge in [-0.05, 0) is 96.5 Å². The van der Waals surface area contributed by atoms with Crippen molar-refractivity contribution < 1.29 is 47.0 Å². The number of alkyl halides is 2. The van der Waals surface area contributed by atoms with Gasteiger partial charge in [-0.2, -0.15) is 0 Å². The highest BCUT2D eigenvalue weighted by atomic mass is 19.3. The van der Waals surface area contributed by atoms with E-state index in [-0.39, 0.29) is 11.3 Å². The monoisotopic (exact) mass is 884 g/mol. The van der Waals surface area contributed by atoms with Crippen molar-refractivity contribution in [2.45, 2.75) is 120 Å². The van der Waals surface area contributed by atoms with Crippen LogP contribution in [-0.4, -0.2) is 97.0 Å². The summed E-state index contributed by atoms with van der Waals surface area (Å²) in [4.78, 5) is 82.5. The van der Waals surface area contributed by atoms with E-state index in [1.54, 1.807) is 35.2 Å². The zero-order valence-electron chi connectivity index (χ0n) is 37.1. The lowest BCUT2D eigenvalue weighted by atomic mass is 9.70. The molecule has 16 heteroatoms. The SMILES string of the molecule is CCCCC1(CCCC)c2cc(NC(=O)[C@@H]3CC(F)(F)CN3C(=O)[C@@H](C)NC(=O)OC)ccc2-c2ccc(NC(=O)[C@@H]3CC4(CC4)CN3C(=O)[C@H](NC(=O)OC)c3ccccc3)cc21. The molecule has 6 amide bonds. The summed E-state index contributed by atoms with van der Waals surface area (Å²) in [5.74, 6) is -5.64. The van der Waals surface area contributed by atoms with Crippen molar-refractivity contribution in [3.8, 4) is 11.1 Å². The molecule has 0 bridgehead atoms. The highest BCUT2D eigenvalue weighted by Crippen LogP contribution is 2.57. The summed E-state index contributed by atoms with van der Waals surface area (Å²) in [6.07, 6.45) is 4.88. The first-order chi connectivity index (χ1) is 30.6. The van der Waals surface area contributed by atoms with Gasteiger partial charge in [-0.15, -0.1) is 0 Å². The van der Waals surface area contributed by atoms with Gasteiger partial charge in [0, 0.05) is 29.8 Å². The maximum absolute atomic E-state index is 14.9. The van der Waals surface area contributed by atoms with Gasteiger partial charge in [-0.25, -0.2) is 18.4 Å². The van der Waals surface area contributed by atoms with Gasteiger partial charge < -0.3 is 40.5 Å². The quantitative estimate of drug-likeness (QED) is 0.120. The minimum atomic E-state index is -3.32. The minimum Gasteiger partial charge on any atom is -0.453 e. The average Bonchev–Trinajstić information content (AvgIpc) is 3.69. The van der Waals surface area contributed by atoms with Gasteiger partial charge in [0.25, 0.3) is 11.8 Å². The van der Waals surface area contributed by atoms with Gasteiger partial charge in [-0.3, -0.25) is 19.2 Å². The van der Waals surface area contributed by atoms with Crippen LogP contribution in [0.15, 0.2) is 66.7 Å². The third kappa shape index (κ3) is 9.27. The molecule has 7 rings (SSSR count). The average molecular weight is 885 g/mol. The number of halogens is 2. The van der Waals surface area contributed by atoms with Crippen LogP contribution in [0.2, 0.25) is 0 Å². The van der Waals surface area contributed by atoms with Crippen molar-refractivity contribution in [2.24, 2.45) is 5.41 Å². The highest BCUT2D eigenvalue weighted by Gasteiger charge is 2.56. The van der Waals surface area contributed by atoms with Crippen LogP contribution in [0.3, 0.4) is 0 Å². The maximum Gasteiger partial charge on any atom is 0.407 e. The number of likely N-dealkylation sites (tertiary alicyclic amines) is 2. The Morgan fingerprint density at radius 1 is 0.703 bits per heavy atom. The van der Waals surface area contributed by atoms with Crippen molar-refractivity contribution in [1.29, 1.82) is 0 Å². The summed E-state index contributed by atoms with van der Waals surface area (Å²) in [6.45, 7) is 5.01. The van der Waals surface area contributed by atoms with Gasteiger partial charge in [0.05, 0.1) is 20.8 Å². The molecule has 342 valence electrons. The molecule has 4 aliphatic rings. The molecule has 3 fully saturated rings. The molecular weight excluding hydrogens is 827 g/mol. The normalized spacial score (nSPS) is 20.4. The summed E-state index contributed by atoms with van der Waals surface area (Å²) in [7, 11) is 2.35. The third-order valence-electron chi connectivity index (χ3n) is 13.4. The number of carbonyl (C=O) groups is 6. The van der Waals surface area contributed by atoms with E-state index in [9.17, 15) is 37.5 Å². The predicted molar refractivity (Wildman–Crippen MR) is 236 cm³/mol. The van der Waals surface area contributed by atoms with Crippen molar-refractivity contribution >= 4 is 47.2 Å². The van der Waals surface area contributed by atoms with Crippen LogP contribution < -0.4 is 21.3 Å². The summed E-state index contributed by atoms with van der Waals surface area (Å²) in [6, 6.07) is 15.8. The van der Waals surface area contributed by atoms with E-state index < -0.39 is 78.4 Å². The number of ether oxygens (including phenoxy) is 2. The Morgan fingerprint density at radius 3 is 1.73 bits per heavy atom. The number of anilines is 2. The van der Waals surface area contributed by atoms with E-state index in [4.69, 9.17) is 4.74 Å². The molecule has 3 aromatic rings. The lowest BCUT2D eigenvalue weighted by Gasteiger charge is -2.33. The second-order valence-corrected chi connectivity index (χ2v) is 17.9. The zero-order valence-corrected chi connectivity index (χ0v) is 37.1. The molecule has 64 heavy (non-hydrogen) atoms. The molecule has 3 aromatic carbocycles. The number of benzene rings is 3. The van der Waals surface area contributed by atoms with Gasteiger partial charge in [-0.1, -0.05) is 82.0 Å². The van der Waals surface area contributed by atoms with Crippen LogP contribution >= 0.6 is 0 Å². The van der Waals surface area contributed by atoms with Crippen molar-refractivity contribution in [2.75, 3.05) is 37.9 Å². The maximum atomic E-state index is 14.9. The van der Waals surface area contributed by atoms with Crippen molar-refractivity contribution in [1.82, 2.24) is 20.4 Å². The molecular formula is C48H58F2N6O8. The fraction of sp³-hybridized carbons (Fsp3) is 0.500. The number of hydrogen-bond donors (Lipinski definition) is 4. The number of nitrogens with one attached hydrogen (secondary N) is 4. The highest BCUT2D eigenvalue weighted by molar-refractivity contribution is 6.01. The third-order valence-corrected chi connectivity index (χ3v) is 13.4. The Hall–Kier alpha value is -6.06. The standard InChI is InChI=1S/C48H58F2N6O8/c1-6-8-19-47(20-9-7-2)35-23-31(52-40(57)37-25-46(21-22-46)27-55(37)43(60)39(54-45(62)64-5)30-13-11-10-12-14-30)15-17-33(35)34-18-16-32(24-36(34)47)53-41(58)38-26-48(49,50)28-56(38)42(59)29(3)51-44(61)63-4/h10-18,23-24,29,37-39H,6-9,19-22,25-28H2,1-5H3,(H,51,61)(H,52,57)(H,53,58)(H,54,62)/t29-,37+,38+,39-/m1/s1. The number of fused-ring (bicyclic) bond motifs is 3. The Kier molecular flexibility index (Phi) is 13.3. The van der Waals surface area contributed by atoms with Gasteiger partial charge in [0.2, 0.25) is 17.7 Å². The first-order valence-corrected chi connectivity index (χ1v) is 22.2. The molecule has 2 saturated heterocycles. The minimum absolute atomic E-state index is 0.154. The number of unbranched alkanes of at least 4 members (excludes halogenated alkanes) is 2. The predicted octanol–water partition coefficient (Wildman–Crippen LogP) is 7.67. The van der Waals surface area contributed by atoms with Crippen LogP contribution in [-0.2, 0) is 34.1 Å². The Balaban J connectivity index is 1.16.